The maximum absolute atomic E-state index is 13.6. The minimum atomic E-state index is -0.922. The molecule has 0 aromatic heterocycles. The fourth-order valence-electron chi connectivity index (χ4n) is 5.43. The molecule has 0 aliphatic heterocycles. The maximum atomic E-state index is 13.6. The highest BCUT2D eigenvalue weighted by Crippen LogP contribution is 2.33. The van der Waals surface area contributed by atoms with Gasteiger partial charge in [-0.05, 0) is 64.2 Å². The molecule has 6 aromatic rings. The number of carbonyl (C=O) groups excluding carboxylic acids is 2. The number of methoxy groups -OCH3 is 1. The van der Waals surface area contributed by atoms with Gasteiger partial charge in [-0.2, -0.15) is 0 Å². The number of rotatable bonds is 12. The molecule has 0 fully saturated rings. The van der Waals surface area contributed by atoms with E-state index in [1.54, 1.807) is 12.1 Å². The molecule has 1 amide bonds. The zero-order valence-corrected chi connectivity index (χ0v) is 28.4. The minimum absolute atomic E-state index is 0.235. The fourth-order valence-corrected chi connectivity index (χ4v) is 5.79. The van der Waals surface area contributed by atoms with Crippen molar-refractivity contribution in [3.05, 3.63) is 173 Å². The molecular weight excluding hydrogens is 678 g/mol. The van der Waals surface area contributed by atoms with E-state index in [1.165, 1.54) is 7.11 Å². The van der Waals surface area contributed by atoms with Gasteiger partial charge in [0.1, 0.15) is 29.9 Å². The van der Waals surface area contributed by atoms with E-state index in [0.29, 0.717) is 15.8 Å². The van der Waals surface area contributed by atoms with Crippen molar-refractivity contribution in [1.29, 1.82) is 0 Å². The predicted molar refractivity (Wildman–Crippen MR) is 196 cm³/mol. The van der Waals surface area contributed by atoms with Gasteiger partial charge in [0.15, 0.2) is 0 Å². The van der Waals surface area contributed by atoms with Gasteiger partial charge in [0, 0.05) is 16.5 Å². The third-order valence-electron chi connectivity index (χ3n) is 8.00. The molecule has 0 unspecified atom stereocenters. The van der Waals surface area contributed by atoms with Crippen LogP contribution in [0.15, 0.2) is 156 Å². The number of esters is 1. The Morgan fingerprint density at radius 2 is 1.27 bits per heavy atom. The Bertz CT molecular complexity index is 2010. The first-order valence-corrected chi connectivity index (χ1v) is 16.6. The molecule has 1 N–H and O–H groups in total. The molecule has 0 heterocycles. The van der Waals surface area contributed by atoms with Crippen LogP contribution in [0.25, 0.3) is 22.3 Å². The monoisotopic (exact) mass is 711 g/mol. The van der Waals surface area contributed by atoms with Crippen LogP contribution in [0.5, 0.6) is 17.2 Å². The van der Waals surface area contributed by atoms with E-state index in [1.807, 2.05) is 127 Å². The summed E-state index contributed by atoms with van der Waals surface area (Å²) in [4.78, 5) is 26.5. The van der Waals surface area contributed by atoms with Gasteiger partial charge in [-0.1, -0.05) is 131 Å². The first kappa shape index (κ1) is 33.2. The van der Waals surface area contributed by atoms with Gasteiger partial charge in [-0.25, -0.2) is 4.79 Å². The summed E-state index contributed by atoms with van der Waals surface area (Å²) in [6.07, 6.45) is 0.235. The summed E-state index contributed by atoms with van der Waals surface area (Å²) in [5.41, 5.74) is 6.25. The predicted octanol–water partition coefficient (Wildman–Crippen LogP) is 9.67. The highest BCUT2D eigenvalue weighted by Gasteiger charge is 2.25. The van der Waals surface area contributed by atoms with E-state index in [9.17, 15) is 9.59 Å². The lowest BCUT2D eigenvalue weighted by molar-refractivity contribution is -0.142. The first-order valence-electron chi connectivity index (χ1n) is 15.8. The van der Waals surface area contributed by atoms with Gasteiger partial charge < -0.3 is 19.5 Å². The lowest BCUT2D eigenvalue weighted by Crippen LogP contribution is -2.43. The maximum Gasteiger partial charge on any atom is 0.328 e. The fraction of sp³-hybridized carbons (Fsp3) is 0.0952. The molecule has 0 aliphatic carbocycles. The van der Waals surface area contributed by atoms with Crippen molar-refractivity contribution in [2.45, 2.75) is 19.1 Å². The summed E-state index contributed by atoms with van der Waals surface area (Å²) in [7, 11) is 1.31. The number of amides is 1. The Hall–Kier alpha value is -5.66. The summed E-state index contributed by atoms with van der Waals surface area (Å²) in [6.45, 7) is 0.267. The summed E-state index contributed by atoms with van der Waals surface area (Å²) in [5, 5.41) is 2.87. The highest BCUT2D eigenvalue weighted by molar-refractivity contribution is 9.10. The van der Waals surface area contributed by atoms with E-state index >= 15 is 0 Å². The average molecular weight is 713 g/mol. The van der Waals surface area contributed by atoms with Gasteiger partial charge in [-0.3, -0.25) is 4.79 Å². The van der Waals surface area contributed by atoms with Crippen molar-refractivity contribution < 1.29 is 23.8 Å². The van der Waals surface area contributed by atoms with Gasteiger partial charge >= 0.3 is 5.97 Å². The van der Waals surface area contributed by atoms with E-state index in [2.05, 4.69) is 33.4 Å². The molecule has 6 rings (SSSR count). The molecule has 49 heavy (non-hydrogen) atoms. The standard InChI is InChI=1S/C42H34BrNO5/c1-47-42(46)38(26-29-16-22-33(23-17-29)36-14-8-9-15-40(36)49-35-12-6-3-7-13-35)44-41(45)37-27-34(43)24-25-39(37)48-28-30-18-20-32(21-19-30)31-10-4-2-5-11-31/h2-25,27,38H,26,28H2,1H3,(H,44,45)/t38-/m0/s1. The molecule has 1 atom stereocenters. The van der Waals surface area contributed by atoms with E-state index in [-0.39, 0.29) is 13.0 Å². The summed E-state index contributed by atoms with van der Waals surface area (Å²) >= 11 is 3.47. The lowest BCUT2D eigenvalue weighted by Gasteiger charge is -2.19. The lowest BCUT2D eigenvalue weighted by atomic mass is 9.99. The van der Waals surface area contributed by atoms with Crippen LogP contribution < -0.4 is 14.8 Å². The quantitative estimate of drug-likeness (QED) is 0.128. The van der Waals surface area contributed by atoms with Gasteiger partial charge in [0.2, 0.25) is 0 Å². The minimum Gasteiger partial charge on any atom is -0.488 e. The van der Waals surface area contributed by atoms with Crippen LogP contribution in [0, 0.1) is 0 Å². The van der Waals surface area contributed by atoms with Crippen LogP contribution in [0.1, 0.15) is 21.5 Å². The van der Waals surface area contributed by atoms with Crippen molar-refractivity contribution in [3.8, 4) is 39.5 Å². The number of nitrogens with one attached hydrogen (secondary N) is 1. The summed E-state index contributed by atoms with van der Waals surface area (Å²) in [5.74, 6) is 0.888. The Kier molecular flexibility index (Phi) is 10.8. The molecule has 0 spiro atoms. The number of halogens is 1. The van der Waals surface area contributed by atoms with E-state index < -0.39 is 17.9 Å². The van der Waals surface area contributed by atoms with Gasteiger partial charge in [0.05, 0.1) is 12.7 Å². The van der Waals surface area contributed by atoms with Gasteiger partial charge in [0.25, 0.3) is 5.91 Å². The van der Waals surface area contributed by atoms with Crippen molar-refractivity contribution in [2.24, 2.45) is 0 Å². The third kappa shape index (κ3) is 8.63. The molecule has 0 bridgehead atoms. The number of hydrogen-bond acceptors (Lipinski definition) is 5. The molecule has 6 aromatic carbocycles. The Morgan fingerprint density at radius 1 is 0.653 bits per heavy atom. The van der Waals surface area contributed by atoms with Crippen LogP contribution in [-0.4, -0.2) is 25.0 Å². The SMILES string of the molecule is COC(=O)[C@H](Cc1ccc(-c2ccccc2Oc2ccccc2)cc1)NC(=O)c1cc(Br)ccc1OCc1ccc(-c2ccccc2)cc1. The number of carbonyl (C=O) groups is 2. The number of benzene rings is 6. The first-order chi connectivity index (χ1) is 24.0. The number of ether oxygens (including phenoxy) is 3. The Morgan fingerprint density at radius 3 is 1.98 bits per heavy atom. The largest absolute Gasteiger partial charge is 0.488 e. The van der Waals surface area contributed by atoms with Crippen LogP contribution in [-0.2, 0) is 22.6 Å². The third-order valence-corrected chi connectivity index (χ3v) is 8.49. The second kappa shape index (κ2) is 16.0. The van der Waals surface area contributed by atoms with E-state index in [4.69, 9.17) is 14.2 Å². The second-order valence-electron chi connectivity index (χ2n) is 11.4. The topological polar surface area (TPSA) is 73.9 Å². The van der Waals surface area contributed by atoms with Crippen LogP contribution in [0.4, 0.5) is 0 Å². The van der Waals surface area contributed by atoms with E-state index in [0.717, 1.165) is 44.9 Å². The molecular formula is C42H34BrNO5. The Labute approximate surface area is 294 Å². The second-order valence-corrected chi connectivity index (χ2v) is 12.3. The Balaban J connectivity index is 1.14. The van der Waals surface area contributed by atoms with Crippen LogP contribution in [0.3, 0.4) is 0 Å². The number of hydrogen-bond donors (Lipinski definition) is 1. The van der Waals surface area contributed by atoms with Crippen molar-refractivity contribution in [3.63, 3.8) is 0 Å². The van der Waals surface area contributed by atoms with Crippen LogP contribution >= 0.6 is 15.9 Å². The molecule has 0 saturated heterocycles. The zero-order valence-electron chi connectivity index (χ0n) is 26.8. The summed E-state index contributed by atoms with van der Waals surface area (Å²) in [6, 6.07) is 47.9. The van der Waals surface area contributed by atoms with Crippen molar-refractivity contribution >= 4 is 27.8 Å². The molecule has 0 radical (unpaired) electrons. The van der Waals surface area contributed by atoms with Gasteiger partial charge in [-0.15, -0.1) is 0 Å². The molecule has 244 valence electrons. The molecule has 0 aliphatic rings. The smallest absolute Gasteiger partial charge is 0.328 e. The van der Waals surface area contributed by atoms with Crippen molar-refractivity contribution in [2.75, 3.05) is 7.11 Å². The molecule has 0 saturated carbocycles. The molecule has 6 nitrogen and oxygen atoms in total. The van der Waals surface area contributed by atoms with Crippen molar-refractivity contribution in [1.82, 2.24) is 5.32 Å². The normalized spacial score (nSPS) is 11.3. The van der Waals surface area contributed by atoms with Crippen LogP contribution in [0.2, 0.25) is 0 Å². The highest BCUT2D eigenvalue weighted by atomic mass is 79.9. The zero-order chi connectivity index (χ0) is 34.0. The number of para-hydroxylation sites is 2. The molecule has 7 heteroatoms. The summed E-state index contributed by atoms with van der Waals surface area (Å²) < 4.78 is 18.1. The average Bonchev–Trinajstić information content (AvgIpc) is 3.15.